The summed E-state index contributed by atoms with van der Waals surface area (Å²) in [6.07, 6.45) is 9.40. The molecule has 0 unspecified atom stereocenters. The topological polar surface area (TPSA) is 3.24 Å². The lowest BCUT2D eigenvalue weighted by Gasteiger charge is -2.24. The second kappa shape index (κ2) is 9.97. The quantitative estimate of drug-likeness (QED) is 0.472. The van der Waals surface area contributed by atoms with Crippen LogP contribution < -0.4 is 4.90 Å². The second-order valence-corrected chi connectivity index (χ2v) is 6.53. The highest BCUT2D eigenvalue weighted by Gasteiger charge is 2.05. The molecular weight excluding hydrogens is 290 g/mol. The molecule has 2 aromatic rings. The van der Waals surface area contributed by atoms with Crippen LogP contribution >= 0.6 is 0 Å². The summed E-state index contributed by atoms with van der Waals surface area (Å²) in [6, 6.07) is 17.6. The molecule has 0 aliphatic heterocycles. The molecule has 24 heavy (non-hydrogen) atoms. The van der Waals surface area contributed by atoms with Crippen molar-refractivity contribution >= 4 is 17.8 Å². The molecule has 0 saturated carbocycles. The molecule has 0 aliphatic rings. The van der Waals surface area contributed by atoms with Gasteiger partial charge in [0.25, 0.3) is 0 Å². The van der Waals surface area contributed by atoms with Gasteiger partial charge in [0.1, 0.15) is 0 Å². The van der Waals surface area contributed by atoms with E-state index in [9.17, 15) is 0 Å². The number of unbranched alkanes of at least 4 members (excludes halogenated alkanes) is 2. The van der Waals surface area contributed by atoms with Crippen LogP contribution in [0.1, 0.15) is 56.2 Å². The molecule has 0 amide bonds. The predicted molar refractivity (Wildman–Crippen MR) is 109 cm³/mol. The number of anilines is 1. The number of aryl methyl sites for hydroxylation is 1. The summed E-state index contributed by atoms with van der Waals surface area (Å²) in [6.45, 7) is 8.97. The van der Waals surface area contributed by atoms with E-state index in [0.29, 0.717) is 0 Å². The molecule has 0 aliphatic carbocycles. The van der Waals surface area contributed by atoms with Crippen LogP contribution in [0.5, 0.6) is 0 Å². The molecule has 0 atom stereocenters. The van der Waals surface area contributed by atoms with Crippen molar-refractivity contribution in [3.05, 3.63) is 65.2 Å². The maximum absolute atomic E-state index is 2.53. The summed E-state index contributed by atoms with van der Waals surface area (Å²) >= 11 is 0. The fourth-order valence-electron chi connectivity index (χ4n) is 2.73. The van der Waals surface area contributed by atoms with Gasteiger partial charge in [-0.25, -0.2) is 0 Å². The summed E-state index contributed by atoms with van der Waals surface area (Å²) in [7, 11) is 0. The standard InChI is InChI=1S/C23H31N/c1-4-6-18-24(19-7-5-2)23-16-14-22(15-17-23)13-12-21-10-8-20(3)9-11-21/h8-17H,4-7,18-19H2,1-3H3/b13-12+. The van der Waals surface area contributed by atoms with Crippen LogP contribution in [0.3, 0.4) is 0 Å². The molecular formula is C23H31N. The minimum atomic E-state index is 1.16. The third kappa shape index (κ3) is 5.88. The van der Waals surface area contributed by atoms with E-state index in [1.165, 1.54) is 48.1 Å². The summed E-state index contributed by atoms with van der Waals surface area (Å²) < 4.78 is 0. The number of hydrogen-bond donors (Lipinski definition) is 0. The first-order valence-electron chi connectivity index (χ1n) is 9.32. The van der Waals surface area contributed by atoms with Crippen molar-refractivity contribution in [2.24, 2.45) is 0 Å². The SMILES string of the molecule is CCCCN(CCCC)c1ccc(/C=C/c2ccc(C)cc2)cc1. The average molecular weight is 322 g/mol. The highest BCUT2D eigenvalue weighted by atomic mass is 15.1. The highest BCUT2D eigenvalue weighted by Crippen LogP contribution is 2.18. The lowest BCUT2D eigenvalue weighted by Crippen LogP contribution is -2.25. The van der Waals surface area contributed by atoms with Crippen molar-refractivity contribution in [2.45, 2.75) is 46.5 Å². The lowest BCUT2D eigenvalue weighted by atomic mass is 10.1. The Morgan fingerprint density at radius 1 is 0.708 bits per heavy atom. The van der Waals surface area contributed by atoms with E-state index < -0.39 is 0 Å². The molecule has 2 rings (SSSR count). The third-order valence-corrected chi connectivity index (χ3v) is 4.37. The molecule has 0 radical (unpaired) electrons. The number of nitrogens with zero attached hydrogens (tertiary/aromatic N) is 1. The Kier molecular flexibility index (Phi) is 7.61. The van der Waals surface area contributed by atoms with Crippen molar-refractivity contribution in [2.75, 3.05) is 18.0 Å². The van der Waals surface area contributed by atoms with Gasteiger partial charge in [0.15, 0.2) is 0 Å². The van der Waals surface area contributed by atoms with Gasteiger partial charge in [0.2, 0.25) is 0 Å². The number of hydrogen-bond acceptors (Lipinski definition) is 1. The molecule has 2 aromatic carbocycles. The Balaban J connectivity index is 2.03. The molecule has 0 fully saturated rings. The summed E-state index contributed by atoms with van der Waals surface area (Å²) in [5, 5.41) is 0. The van der Waals surface area contributed by atoms with Gasteiger partial charge in [-0.05, 0) is 43.0 Å². The Bertz CT molecular complexity index is 599. The van der Waals surface area contributed by atoms with Crippen LogP contribution in [0.25, 0.3) is 12.2 Å². The molecule has 1 nitrogen and oxygen atoms in total. The van der Waals surface area contributed by atoms with Gasteiger partial charge in [0, 0.05) is 18.8 Å². The molecule has 0 bridgehead atoms. The zero-order valence-electron chi connectivity index (χ0n) is 15.5. The van der Waals surface area contributed by atoms with Crippen molar-refractivity contribution in [3.63, 3.8) is 0 Å². The van der Waals surface area contributed by atoms with Gasteiger partial charge >= 0.3 is 0 Å². The maximum atomic E-state index is 2.53. The Morgan fingerprint density at radius 2 is 1.17 bits per heavy atom. The van der Waals surface area contributed by atoms with Gasteiger partial charge in [-0.1, -0.05) is 80.8 Å². The second-order valence-electron chi connectivity index (χ2n) is 6.53. The summed E-state index contributed by atoms with van der Waals surface area (Å²) in [5.74, 6) is 0. The van der Waals surface area contributed by atoms with Crippen LogP contribution in [-0.2, 0) is 0 Å². The average Bonchev–Trinajstić information content (AvgIpc) is 2.62. The Hall–Kier alpha value is -2.02. The lowest BCUT2D eigenvalue weighted by molar-refractivity contribution is 0.678. The molecule has 0 saturated heterocycles. The fourth-order valence-corrected chi connectivity index (χ4v) is 2.73. The monoisotopic (exact) mass is 321 g/mol. The third-order valence-electron chi connectivity index (χ3n) is 4.37. The highest BCUT2D eigenvalue weighted by molar-refractivity contribution is 5.70. The molecule has 0 heterocycles. The van der Waals surface area contributed by atoms with Crippen LogP contribution in [0.2, 0.25) is 0 Å². The van der Waals surface area contributed by atoms with Crippen LogP contribution in [0.15, 0.2) is 48.5 Å². The van der Waals surface area contributed by atoms with Gasteiger partial charge in [-0.15, -0.1) is 0 Å². The molecule has 0 aromatic heterocycles. The normalized spacial score (nSPS) is 11.1. The van der Waals surface area contributed by atoms with Gasteiger partial charge in [0.05, 0.1) is 0 Å². The minimum Gasteiger partial charge on any atom is -0.372 e. The van der Waals surface area contributed by atoms with Gasteiger partial charge in [-0.2, -0.15) is 0 Å². The Morgan fingerprint density at radius 3 is 1.62 bits per heavy atom. The van der Waals surface area contributed by atoms with E-state index >= 15 is 0 Å². The summed E-state index contributed by atoms with van der Waals surface area (Å²) in [5.41, 5.74) is 5.16. The van der Waals surface area contributed by atoms with Gasteiger partial charge in [-0.3, -0.25) is 0 Å². The van der Waals surface area contributed by atoms with E-state index in [-0.39, 0.29) is 0 Å². The van der Waals surface area contributed by atoms with E-state index in [4.69, 9.17) is 0 Å². The molecule has 0 spiro atoms. The minimum absolute atomic E-state index is 1.16. The van der Waals surface area contributed by atoms with Crippen LogP contribution in [0, 0.1) is 6.92 Å². The molecule has 1 heteroatoms. The van der Waals surface area contributed by atoms with Crippen molar-refractivity contribution < 1.29 is 0 Å². The van der Waals surface area contributed by atoms with Crippen molar-refractivity contribution in [1.29, 1.82) is 0 Å². The van der Waals surface area contributed by atoms with Crippen LogP contribution in [0.4, 0.5) is 5.69 Å². The number of benzene rings is 2. The Labute approximate surface area is 148 Å². The van der Waals surface area contributed by atoms with Crippen molar-refractivity contribution in [1.82, 2.24) is 0 Å². The van der Waals surface area contributed by atoms with Crippen molar-refractivity contribution in [3.8, 4) is 0 Å². The van der Waals surface area contributed by atoms with E-state index in [1.54, 1.807) is 0 Å². The smallest absolute Gasteiger partial charge is 0.0366 e. The van der Waals surface area contributed by atoms with E-state index in [0.717, 1.165) is 13.1 Å². The molecule has 0 N–H and O–H groups in total. The largest absolute Gasteiger partial charge is 0.372 e. The zero-order valence-corrected chi connectivity index (χ0v) is 15.5. The van der Waals surface area contributed by atoms with Crippen LogP contribution in [-0.4, -0.2) is 13.1 Å². The fraction of sp³-hybridized carbons (Fsp3) is 0.391. The molecule has 128 valence electrons. The first-order chi connectivity index (χ1) is 11.7. The zero-order chi connectivity index (χ0) is 17.2. The maximum Gasteiger partial charge on any atom is 0.0366 e. The first kappa shape index (κ1) is 18.3. The number of rotatable bonds is 9. The van der Waals surface area contributed by atoms with E-state index in [1.807, 2.05) is 0 Å². The van der Waals surface area contributed by atoms with Gasteiger partial charge < -0.3 is 4.90 Å². The summed E-state index contributed by atoms with van der Waals surface area (Å²) in [4.78, 5) is 2.53. The van der Waals surface area contributed by atoms with E-state index in [2.05, 4.69) is 86.4 Å². The predicted octanol–water partition coefficient (Wildman–Crippen LogP) is 6.57. The first-order valence-corrected chi connectivity index (χ1v) is 9.32.